The van der Waals surface area contributed by atoms with Crippen LogP contribution in [-0.4, -0.2) is 74.2 Å². The van der Waals surface area contributed by atoms with E-state index in [4.69, 9.17) is 21.1 Å². The highest BCUT2D eigenvalue weighted by molar-refractivity contribution is 6.30. The Kier molecular flexibility index (Phi) is 8.15. The Morgan fingerprint density at radius 3 is 2.48 bits per heavy atom. The summed E-state index contributed by atoms with van der Waals surface area (Å²) in [4.78, 5) is 40.3. The summed E-state index contributed by atoms with van der Waals surface area (Å²) >= 11 is 5.95. The highest BCUT2D eigenvalue weighted by atomic mass is 35.5. The molecular weight excluding hydrogens is 422 g/mol. The Morgan fingerprint density at radius 2 is 1.84 bits per heavy atom. The number of piperazine rings is 1. The molecule has 0 aliphatic carbocycles. The predicted molar refractivity (Wildman–Crippen MR) is 117 cm³/mol. The molecule has 0 spiro atoms. The van der Waals surface area contributed by atoms with E-state index in [0.717, 1.165) is 18.8 Å². The molecule has 0 bridgehead atoms. The van der Waals surface area contributed by atoms with Crippen molar-refractivity contribution in [3.63, 3.8) is 0 Å². The molecule has 8 nitrogen and oxygen atoms in total. The third-order valence-corrected chi connectivity index (χ3v) is 5.80. The van der Waals surface area contributed by atoms with Gasteiger partial charge in [-0.05, 0) is 43.5 Å². The summed E-state index contributed by atoms with van der Waals surface area (Å²) in [5.41, 5.74) is 1.12. The van der Waals surface area contributed by atoms with Gasteiger partial charge in [0.1, 0.15) is 0 Å². The summed E-state index contributed by atoms with van der Waals surface area (Å²) in [6.07, 6.45) is -0.417. The van der Waals surface area contributed by atoms with Crippen molar-refractivity contribution in [1.29, 1.82) is 0 Å². The fourth-order valence-electron chi connectivity index (χ4n) is 3.65. The van der Waals surface area contributed by atoms with Gasteiger partial charge in [-0.25, -0.2) is 4.79 Å². The number of anilines is 1. The first-order valence-corrected chi connectivity index (χ1v) is 11.1. The molecule has 1 N–H and O–H groups in total. The van der Waals surface area contributed by atoms with Crippen molar-refractivity contribution in [3.8, 4) is 0 Å². The minimum Gasteiger partial charge on any atom is -0.464 e. The molecule has 0 radical (unpaired) electrons. The maximum absolute atomic E-state index is 12.6. The second-order valence-electron chi connectivity index (χ2n) is 7.96. The Hall–Kier alpha value is -2.32. The molecule has 1 aromatic carbocycles. The van der Waals surface area contributed by atoms with E-state index in [9.17, 15) is 14.4 Å². The Morgan fingerprint density at radius 1 is 1.16 bits per heavy atom. The number of amides is 2. The van der Waals surface area contributed by atoms with Crippen LogP contribution < -0.4 is 10.2 Å². The summed E-state index contributed by atoms with van der Waals surface area (Å²) in [5.74, 6) is -0.529. The quantitative estimate of drug-likeness (QED) is 0.455. The van der Waals surface area contributed by atoms with Crippen LogP contribution in [0, 0.1) is 5.92 Å². The van der Waals surface area contributed by atoms with E-state index in [1.165, 1.54) is 0 Å². The van der Waals surface area contributed by atoms with Crippen molar-refractivity contribution in [3.05, 3.63) is 29.3 Å². The van der Waals surface area contributed by atoms with Crippen LogP contribution in [0.15, 0.2) is 24.3 Å². The monoisotopic (exact) mass is 451 g/mol. The number of ether oxygens (including phenoxy) is 2. The Labute approximate surface area is 187 Å². The molecule has 2 amide bonds. The van der Waals surface area contributed by atoms with Crippen molar-refractivity contribution in [2.24, 2.45) is 5.92 Å². The lowest BCUT2D eigenvalue weighted by Gasteiger charge is -2.36. The number of nitrogens with one attached hydrogen (secondary N) is 1. The molecular formula is C22H30ClN3O5. The fourth-order valence-corrected chi connectivity index (χ4v) is 3.78. The van der Waals surface area contributed by atoms with Gasteiger partial charge in [0.15, 0.2) is 12.2 Å². The van der Waals surface area contributed by atoms with Crippen LogP contribution in [-0.2, 0) is 23.9 Å². The lowest BCUT2D eigenvalue weighted by molar-refractivity contribution is -0.144. The van der Waals surface area contributed by atoms with Crippen LogP contribution in [0.4, 0.5) is 5.69 Å². The highest BCUT2D eigenvalue weighted by Gasteiger charge is 2.51. The van der Waals surface area contributed by atoms with E-state index in [-0.39, 0.29) is 24.3 Å². The molecule has 2 saturated heterocycles. The zero-order valence-corrected chi connectivity index (χ0v) is 18.8. The first kappa shape index (κ1) is 23.3. The van der Waals surface area contributed by atoms with Crippen molar-refractivity contribution in [2.75, 3.05) is 44.2 Å². The van der Waals surface area contributed by atoms with Crippen LogP contribution in [0.3, 0.4) is 0 Å². The average molecular weight is 452 g/mol. The summed E-state index contributed by atoms with van der Waals surface area (Å²) < 4.78 is 9.92. The lowest BCUT2D eigenvalue weighted by Crippen LogP contribution is -2.49. The zero-order valence-electron chi connectivity index (χ0n) is 18.0. The number of nitrogens with zero attached hydrogens (tertiary/aromatic N) is 2. The van der Waals surface area contributed by atoms with Gasteiger partial charge in [-0.15, -0.1) is 0 Å². The third-order valence-electron chi connectivity index (χ3n) is 5.55. The molecule has 2 fully saturated rings. The molecule has 9 heteroatoms. The summed E-state index contributed by atoms with van der Waals surface area (Å²) in [6.45, 7) is 7.38. The standard InChI is InChI=1S/C22H30ClN3O5/c1-3-30-22(29)20-19(31-20)21(28)24-9-8-15(2)14-18(27)26-12-10-25(11-13-26)17-6-4-16(23)5-7-17/h4-7,15,19-20H,3,8-14H2,1-2H3,(H,24,28)/t15-,19-,20-/m0/s1. The molecule has 170 valence electrons. The van der Waals surface area contributed by atoms with Gasteiger partial charge in [0, 0.05) is 49.9 Å². The summed E-state index contributed by atoms with van der Waals surface area (Å²) in [5, 5.41) is 3.48. The van der Waals surface area contributed by atoms with E-state index < -0.39 is 18.2 Å². The molecule has 3 atom stereocenters. The minimum absolute atomic E-state index is 0.141. The maximum atomic E-state index is 12.6. The number of benzene rings is 1. The first-order chi connectivity index (χ1) is 14.9. The van der Waals surface area contributed by atoms with Crippen molar-refractivity contribution >= 4 is 35.1 Å². The summed E-state index contributed by atoms with van der Waals surface area (Å²) in [6, 6.07) is 7.75. The minimum atomic E-state index is -0.787. The molecule has 2 heterocycles. The lowest BCUT2D eigenvalue weighted by atomic mass is 10.0. The molecule has 0 unspecified atom stereocenters. The van der Waals surface area contributed by atoms with Gasteiger partial charge in [0.2, 0.25) is 5.91 Å². The molecule has 2 aliphatic heterocycles. The predicted octanol–water partition coefficient (Wildman–Crippen LogP) is 1.85. The number of hydrogen-bond donors (Lipinski definition) is 1. The molecule has 3 rings (SSSR count). The molecule has 1 aromatic rings. The number of epoxide rings is 1. The second-order valence-corrected chi connectivity index (χ2v) is 8.40. The van der Waals surface area contributed by atoms with E-state index in [2.05, 4.69) is 10.2 Å². The fraction of sp³-hybridized carbons (Fsp3) is 0.591. The van der Waals surface area contributed by atoms with Gasteiger partial charge in [-0.2, -0.15) is 0 Å². The number of esters is 1. The molecule has 31 heavy (non-hydrogen) atoms. The van der Waals surface area contributed by atoms with Crippen LogP contribution in [0.25, 0.3) is 0 Å². The van der Waals surface area contributed by atoms with E-state index in [0.29, 0.717) is 37.5 Å². The second kappa shape index (κ2) is 10.8. The largest absolute Gasteiger partial charge is 0.464 e. The van der Waals surface area contributed by atoms with Gasteiger partial charge in [-0.1, -0.05) is 18.5 Å². The van der Waals surface area contributed by atoms with Gasteiger partial charge < -0.3 is 24.6 Å². The van der Waals surface area contributed by atoms with Crippen LogP contribution >= 0.6 is 11.6 Å². The Bertz CT molecular complexity index is 780. The van der Waals surface area contributed by atoms with Crippen LogP contribution in [0.2, 0.25) is 5.02 Å². The third kappa shape index (κ3) is 6.58. The molecule has 0 aromatic heterocycles. The topological polar surface area (TPSA) is 91.5 Å². The van der Waals surface area contributed by atoms with Crippen molar-refractivity contribution < 1.29 is 23.9 Å². The van der Waals surface area contributed by atoms with E-state index >= 15 is 0 Å². The maximum Gasteiger partial charge on any atom is 0.338 e. The number of hydrogen-bond acceptors (Lipinski definition) is 6. The number of halogens is 1. The first-order valence-electron chi connectivity index (χ1n) is 10.8. The average Bonchev–Trinajstić information content (AvgIpc) is 3.56. The SMILES string of the molecule is CCOC(=O)[C@H]1O[C@@H]1C(=O)NCC[C@H](C)CC(=O)N1CCN(c2ccc(Cl)cc2)CC1. The van der Waals surface area contributed by atoms with E-state index in [1.54, 1.807) is 6.92 Å². The van der Waals surface area contributed by atoms with Crippen molar-refractivity contribution in [1.82, 2.24) is 10.2 Å². The zero-order chi connectivity index (χ0) is 22.4. The van der Waals surface area contributed by atoms with E-state index in [1.807, 2.05) is 36.1 Å². The number of carbonyl (C=O) groups is 3. The van der Waals surface area contributed by atoms with Gasteiger partial charge >= 0.3 is 5.97 Å². The van der Waals surface area contributed by atoms with Crippen LogP contribution in [0.5, 0.6) is 0 Å². The van der Waals surface area contributed by atoms with Gasteiger partial charge in [-0.3, -0.25) is 9.59 Å². The molecule has 2 aliphatic rings. The van der Waals surface area contributed by atoms with Gasteiger partial charge in [0.25, 0.3) is 5.91 Å². The van der Waals surface area contributed by atoms with Gasteiger partial charge in [0.05, 0.1) is 6.61 Å². The normalized spacial score (nSPS) is 21.4. The number of rotatable bonds is 9. The highest BCUT2D eigenvalue weighted by Crippen LogP contribution is 2.24. The molecule has 0 saturated carbocycles. The smallest absolute Gasteiger partial charge is 0.338 e. The summed E-state index contributed by atoms with van der Waals surface area (Å²) in [7, 11) is 0. The number of carbonyl (C=O) groups excluding carboxylic acids is 3. The van der Waals surface area contributed by atoms with Crippen LogP contribution in [0.1, 0.15) is 26.7 Å². The Balaban J connectivity index is 1.31. The van der Waals surface area contributed by atoms with Crippen molar-refractivity contribution in [2.45, 2.75) is 38.9 Å².